The average Bonchev–Trinajstić information content (AvgIpc) is 2.45. The Kier molecular flexibility index (Phi) is 5.17. The van der Waals surface area contributed by atoms with Crippen LogP contribution in [0.4, 0.5) is 11.8 Å². The fourth-order valence-corrected chi connectivity index (χ4v) is 2.77. The van der Waals surface area contributed by atoms with Gasteiger partial charge in [-0.1, -0.05) is 26.2 Å². The highest BCUT2D eigenvalue weighted by atomic mass is 16.3. The lowest BCUT2D eigenvalue weighted by molar-refractivity contribution is 0.172. The van der Waals surface area contributed by atoms with Gasteiger partial charge in [0.1, 0.15) is 5.82 Å². The number of aromatic nitrogens is 2. The van der Waals surface area contributed by atoms with E-state index in [0.717, 1.165) is 37.3 Å². The van der Waals surface area contributed by atoms with Crippen LogP contribution in [0.3, 0.4) is 0 Å². The van der Waals surface area contributed by atoms with Crippen LogP contribution in [0.5, 0.6) is 0 Å². The van der Waals surface area contributed by atoms with E-state index < -0.39 is 0 Å². The molecule has 0 aliphatic heterocycles. The summed E-state index contributed by atoms with van der Waals surface area (Å²) in [6.07, 6.45) is 6.64. The number of nitrogens with one attached hydrogen (secondary N) is 2. The lowest BCUT2D eigenvalue weighted by atomic mass is 9.82. The van der Waals surface area contributed by atoms with Crippen molar-refractivity contribution in [1.82, 2.24) is 9.97 Å². The highest BCUT2D eigenvalue weighted by Gasteiger charge is 2.31. The van der Waals surface area contributed by atoms with Gasteiger partial charge in [-0.3, -0.25) is 0 Å². The minimum Gasteiger partial charge on any atom is -0.394 e. The van der Waals surface area contributed by atoms with Crippen LogP contribution >= 0.6 is 0 Å². The molecule has 1 aliphatic rings. The molecule has 5 heteroatoms. The molecule has 1 saturated carbocycles. The van der Waals surface area contributed by atoms with E-state index >= 15 is 0 Å². The Balaban J connectivity index is 2.12. The Labute approximate surface area is 121 Å². The normalized spacial score (nSPS) is 17.8. The quantitative estimate of drug-likeness (QED) is 0.746. The number of rotatable bonds is 6. The number of anilines is 2. The van der Waals surface area contributed by atoms with E-state index in [4.69, 9.17) is 0 Å². The zero-order valence-corrected chi connectivity index (χ0v) is 12.6. The van der Waals surface area contributed by atoms with Gasteiger partial charge in [0.25, 0.3) is 0 Å². The third-order valence-electron chi connectivity index (χ3n) is 3.89. The van der Waals surface area contributed by atoms with Crippen LogP contribution in [-0.2, 0) is 0 Å². The first-order valence-electron chi connectivity index (χ1n) is 7.66. The molecular weight excluding hydrogens is 252 g/mol. The standard InChI is InChI=1S/C15H26N4O/c1-3-9-16-14-17-12(2)10-13(18-14)19-15(11-20)7-5-4-6-8-15/h10,20H,3-9,11H2,1-2H3,(H2,16,17,18,19). The van der Waals surface area contributed by atoms with Crippen LogP contribution in [-0.4, -0.2) is 33.8 Å². The largest absolute Gasteiger partial charge is 0.394 e. The molecule has 0 amide bonds. The molecule has 0 aromatic carbocycles. The molecule has 20 heavy (non-hydrogen) atoms. The predicted octanol–water partition coefficient (Wildman–Crippen LogP) is 2.71. The van der Waals surface area contributed by atoms with Gasteiger partial charge in [0.15, 0.2) is 0 Å². The van der Waals surface area contributed by atoms with Crippen molar-refractivity contribution < 1.29 is 5.11 Å². The molecule has 1 aromatic heterocycles. The van der Waals surface area contributed by atoms with Gasteiger partial charge < -0.3 is 15.7 Å². The zero-order chi connectivity index (χ0) is 14.4. The molecule has 1 aromatic rings. The van der Waals surface area contributed by atoms with Crippen molar-refractivity contribution in [2.24, 2.45) is 0 Å². The maximum absolute atomic E-state index is 9.76. The molecule has 1 aliphatic carbocycles. The molecule has 1 heterocycles. The van der Waals surface area contributed by atoms with E-state index in [2.05, 4.69) is 27.5 Å². The van der Waals surface area contributed by atoms with E-state index in [1.54, 1.807) is 0 Å². The second kappa shape index (κ2) is 6.88. The zero-order valence-electron chi connectivity index (χ0n) is 12.6. The molecular formula is C15H26N4O. The smallest absolute Gasteiger partial charge is 0.224 e. The van der Waals surface area contributed by atoms with Gasteiger partial charge in [0.05, 0.1) is 12.1 Å². The summed E-state index contributed by atoms with van der Waals surface area (Å²) in [4.78, 5) is 8.90. The summed E-state index contributed by atoms with van der Waals surface area (Å²) in [5.41, 5.74) is 0.728. The van der Waals surface area contributed by atoms with Gasteiger partial charge in [-0.2, -0.15) is 4.98 Å². The number of aliphatic hydroxyl groups excluding tert-OH is 1. The number of hydrogen-bond donors (Lipinski definition) is 3. The minimum absolute atomic E-state index is 0.160. The van der Waals surface area contributed by atoms with Gasteiger partial charge >= 0.3 is 0 Å². The number of nitrogens with zero attached hydrogens (tertiary/aromatic N) is 2. The lowest BCUT2D eigenvalue weighted by Gasteiger charge is -2.37. The minimum atomic E-state index is -0.207. The predicted molar refractivity (Wildman–Crippen MR) is 82.1 cm³/mol. The SMILES string of the molecule is CCCNc1nc(C)cc(NC2(CO)CCCCC2)n1. The van der Waals surface area contributed by atoms with E-state index in [0.29, 0.717) is 5.95 Å². The molecule has 0 radical (unpaired) electrons. The summed E-state index contributed by atoms with van der Waals surface area (Å²) in [7, 11) is 0. The fraction of sp³-hybridized carbons (Fsp3) is 0.733. The van der Waals surface area contributed by atoms with Crippen molar-refractivity contribution >= 4 is 11.8 Å². The first-order valence-corrected chi connectivity index (χ1v) is 7.66. The first-order chi connectivity index (χ1) is 9.67. The summed E-state index contributed by atoms with van der Waals surface area (Å²) >= 11 is 0. The Bertz CT molecular complexity index is 430. The molecule has 0 unspecified atom stereocenters. The third kappa shape index (κ3) is 3.82. The molecule has 2 rings (SSSR count). The molecule has 3 N–H and O–H groups in total. The van der Waals surface area contributed by atoms with Crippen LogP contribution in [0.2, 0.25) is 0 Å². The van der Waals surface area contributed by atoms with Crippen LogP contribution in [0.25, 0.3) is 0 Å². The first kappa shape index (κ1) is 15.0. The van der Waals surface area contributed by atoms with Crippen molar-refractivity contribution in [3.63, 3.8) is 0 Å². The highest BCUT2D eigenvalue weighted by Crippen LogP contribution is 2.31. The van der Waals surface area contributed by atoms with Crippen LogP contribution < -0.4 is 10.6 Å². The molecule has 0 bridgehead atoms. The second-order valence-electron chi connectivity index (χ2n) is 5.77. The molecule has 5 nitrogen and oxygen atoms in total. The molecule has 1 fully saturated rings. The number of hydrogen-bond acceptors (Lipinski definition) is 5. The maximum Gasteiger partial charge on any atom is 0.224 e. The van der Waals surface area contributed by atoms with E-state index in [9.17, 15) is 5.11 Å². The topological polar surface area (TPSA) is 70.1 Å². The highest BCUT2D eigenvalue weighted by molar-refractivity contribution is 5.44. The Morgan fingerprint density at radius 1 is 1.25 bits per heavy atom. The summed E-state index contributed by atoms with van der Waals surface area (Å²) in [6, 6.07) is 1.95. The number of aliphatic hydroxyl groups is 1. The molecule has 0 saturated heterocycles. The van der Waals surface area contributed by atoms with Crippen LogP contribution in [0, 0.1) is 6.92 Å². The van der Waals surface area contributed by atoms with E-state index in [-0.39, 0.29) is 12.1 Å². The second-order valence-corrected chi connectivity index (χ2v) is 5.77. The van der Waals surface area contributed by atoms with Gasteiger partial charge in [0.2, 0.25) is 5.95 Å². The van der Waals surface area contributed by atoms with Crippen molar-refractivity contribution in [1.29, 1.82) is 0 Å². The van der Waals surface area contributed by atoms with Crippen LogP contribution in [0.1, 0.15) is 51.1 Å². The van der Waals surface area contributed by atoms with Crippen molar-refractivity contribution in [2.75, 3.05) is 23.8 Å². The van der Waals surface area contributed by atoms with Crippen molar-refractivity contribution in [3.05, 3.63) is 11.8 Å². The van der Waals surface area contributed by atoms with E-state index in [1.807, 2.05) is 13.0 Å². The van der Waals surface area contributed by atoms with Crippen molar-refractivity contribution in [3.8, 4) is 0 Å². The van der Waals surface area contributed by atoms with Gasteiger partial charge in [0, 0.05) is 18.3 Å². The van der Waals surface area contributed by atoms with Gasteiger partial charge in [-0.25, -0.2) is 4.98 Å². The van der Waals surface area contributed by atoms with Gasteiger partial charge in [-0.05, 0) is 26.2 Å². The summed E-state index contributed by atoms with van der Waals surface area (Å²) in [5.74, 6) is 1.48. The summed E-state index contributed by atoms with van der Waals surface area (Å²) in [5, 5.41) is 16.4. The lowest BCUT2D eigenvalue weighted by Crippen LogP contribution is -2.44. The molecule has 0 atom stereocenters. The Hall–Kier alpha value is -1.36. The fourth-order valence-electron chi connectivity index (χ4n) is 2.77. The average molecular weight is 278 g/mol. The Morgan fingerprint density at radius 2 is 2.00 bits per heavy atom. The Morgan fingerprint density at radius 3 is 2.65 bits per heavy atom. The van der Waals surface area contributed by atoms with Crippen LogP contribution in [0.15, 0.2) is 6.07 Å². The van der Waals surface area contributed by atoms with E-state index in [1.165, 1.54) is 19.3 Å². The summed E-state index contributed by atoms with van der Waals surface area (Å²) < 4.78 is 0. The molecule has 112 valence electrons. The summed E-state index contributed by atoms with van der Waals surface area (Å²) in [6.45, 7) is 5.11. The monoisotopic (exact) mass is 278 g/mol. The third-order valence-corrected chi connectivity index (χ3v) is 3.89. The molecule has 0 spiro atoms. The maximum atomic E-state index is 9.76. The number of aryl methyl sites for hydroxylation is 1. The van der Waals surface area contributed by atoms with Gasteiger partial charge in [-0.15, -0.1) is 0 Å². The van der Waals surface area contributed by atoms with Crippen molar-refractivity contribution in [2.45, 2.75) is 57.9 Å².